The third-order valence-electron chi connectivity index (χ3n) is 6.97. The number of benzene rings is 1. The zero-order valence-corrected chi connectivity index (χ0v) is 19.1. The summed E-state index contributed by atoms with van der Waals surface area (Å²) < 4.78 is 0. The Balaban J connectivity index is 1.57. The molecule has 4 amide bonds. The highest BCUT2D eigenvalue weighted by molar-refractivity contribution is 6.09. The summed E-state index contributed by atoms with van der Waals surface area (Å²) in [6.07, 6.45) is 4.29. The average Bonchev–Trinajstić information content (AvgIpc) is 3.01. The Hall–Kier alpha value is -2.41. The largest absolute Gasteiger partial charge is 0.350 e. The summed E-state index contributed by atoms with van der Waals surface area (Å²) in [5, 5.41) is 5.78. The predicted octanol–water partition coefficient (Wildman–Crippen LogP) is 3.04. The molecule has 3 rings (SSSR count). The number of carbonyl (C=O) groups is 3. The summed E-state index contributed by atoms with van der Waals surface area (Å²) in [6, 6.07) is 7.60. The van der Waals surface area contributed by atoms with E-state index in [9.17, 15) is 14.4 Å². The molecule has 1 spiro atoms. The Labute approximate surface area is 185 Å². The Kier molecular flexibility index (Phi) is 7.70. The molecule has 2 fully saturated rings. The van der Waals surface area contributed by atoms with E-state index < -0.39 is 11.6 Å². The van der Waals surface area contributed by atoms with Gasteiger partial charge in [0.15, 0.2) is 0 Å². The van der Waals surface area contributed by atoms with Crippen molar-refractivity contribution in [2.45, 2.75) is 71.5 Å². The molecule has 0 atom stereocenters. The fourth-order valence-corrected chi connectivity index (χ4v) is 4.70. The molecule has 1 aromatic carbocycles. The second-order valence-electron chi connectivity index (χ2n) is 8.76. The van der Waals surface area contributed by atoms with Gasteiger partial charge in [0.2, 0.25) is 5.91 Å². The molecular weight excluding hydrogens is 392 g/mol. The minimum Gasteiger partial charge on any atom is -0.350 e. The molecular formula is C24H36N4O3. The fraction of sp³-hybridized carbons (Fsp3) is 0.625. The second-order valence-corrected chi connectivity index (χ2v) is 8.76. The summed E-state index contributed by atoms with van der Waals surface area (Å²) in [5.41, 5.74) is 1.42. The van der Waals surface area contributed by atoms with E-state index in [1.54, 1.807) is 0 Å². The van der Waals surface area contributed by atoms with Gasteiger partial charge in [0.05, 0.1) is 0 Å². The van der Waals surface area contributed by atoms with Crippen LogP contribution in [0.4, 0.5) is 4.79 Å². The number of carbonyl (C=O) groups excluding carboxylic acids is 3. The van der Waals surface area contributed by atoms with Crippen LogP contribution >= 0.6 is 0 Å². The molecule has 0 radical (unpaired) electrons. The Morgan fingerprint density at radius 3 is 2.39 bits per heavy atom. The highest BCUT2D eigenvalue weighted by atomic mass is 16.2. The van der Waals surface area contributed by atoms with Gasteiger partial charge in [0.1, 0.15) is 12.1 Å². The van der Waals surface area contributed by atoms with E-state index in [-0.39, 0.29) is 18.4 Å². The quantitative estimate of drug-likeness (QED) is 0.593. The lowest BCUT2D eigenvalue weighted by atomic mass is 9.75. The van der Waals surface area contributed by atoms with E-state index in [4.69, 9.17) is 0 Å². The maximum absolute atomic E-state index is 13.0. The van der Waals surface area contributed by atoms with Crippen LogP contribution in [0.5, 0.6) is 0 Å². The topological polar surface area (TPSA) is 81.8 Å². The highest BCUT2D eigenvalue weighted by Crippen LogP contribution is 2.37. The first-order valence-corrected chi connectivity index (χ1v) is 11.6. The van der Waals surface area contributed by atoms with E-state index in [1.165, 1.54) is 5.56 Å². The number of amides is 4. The van der Waals surface area contributed by atoms with Gasteiger partial charge in [-0.3, -0.25) is 19.4 Å². The van der Waals surface area contributed by atoms with Crippen LogP contribution in [0.1, 0.15) is 64.0 Å². The third kappa shape index (κ3) is 5.26. The third-order valence-corrected chi connectivity index (χ3v) is 6.97. The van der Waals surface area contributed by atoms with Crippen LogP contribution in [0.3, 0.4) is 0 Å². The fourth-order valence-electron chi connectivity index (χ4n) is 4.70. The second kappa shape index (κ2) is 10.3. The average molecular weight is 429 g/mol. The molecule has 1 saturated carbocycles. The molecule has 0 bridgehead atoms. The first-order chi connectivity index (χ1) is 14.9. The Bertz CT molecular complexity index is 798. The summed E-state index contributed by atoms with van der Waals surface area (Å²) in [5.74, 6) is 0.0497. The van der Waals surface area contributed by atoms with Crippen LogP contribution in [0, 0.1) is 5.92 Å². The van der Waals surface area contributed by atoms with Crippen molar-refractivity contribution in [3.8, 4) is 0 Å². The highest BCUT2D eigenvalue weighted by Gasteiger charge is 2.52. The van der Waals surface area contributed by atoms with E-state index in [0.717, 1.165) is 49.4 Å². The van der Waals surface area contributed by atoms with Gasteiger partial charge < -0.3 is 10.6 Å². The minimum atomic E-state index is -0.806. The summed E-state index contributed by atoms with van der Waals surface area (Å²) >= 11 is 0. The smallest absolute Gasteiger partial charge is 0.325 e. The van der Waals surface area contributed by atoms with E-state index in [2.05, 4.69) is 42.4 Å². The summed E-state index contributed by atoms with van der Waals surface area (Å²) in [4.78, 5) is 41.5. The number of hydrogen-bond acceptors (Lipinski definition) is 4. The van der Waals surface area contributed by atoms with E-state index >= 15 is 0 Å². The molecule has 1 aliphatic carbocycles. The van der Waals surface area contributed by atoms with E-state index in [0.29, 0.717) is 25.3 Å². The molecule has 1 aromatic rings. The molecule has 0 aromatic heterocycles. The number of hydrogen-bond donors (Lipinski definition) is 2. The van der Waals surface area contributed by atoms with Crippen LogP contribution in [-0.4, -0.2) is 52.8 Å². The van der Waals surface area contributed by atoms with Gasteiger partial charge in [-0.05, 0) is 55.8 Å². The van der Waals surface area contributed by atoms with Crippen molar-refractivity contribution in [2.24, 2.45) is 5.92 Å². The van der Waals surface area contributed by atoms with Gasteiger partial charge in [-0.2, -0.15) is 0 Å². The molecule has 2 N–H and O–H groups in total. The zero-order chi connectivity index (χ0) is 22.4. The van der Waals surface area contributed by atoms with Gasteiger partial charge >= 0.3 is 6.03 Å². The Morgan fingerprint density at radius 2 is 1.77 bits per heavy atom. The molecule has 1 heterocycles. The maximum Gasteiger partial charge on any atom is 0.325 e. The number of urea groups is 1. The molecule has 7 heteroatoms. The maximum atomic E-state index is 13.0. The van der Waals surface area contributed by atoms with Gasteiger partial charge in [-0.15, -0.1) is 0 Å². The van der Waals surface area contributed by atoms with Gasteiger partial charge in [-0.1, -0.05) is 51.5 Å². The molecule has 0 unspecified atom stereocenters. The van der Waals surface area contributed by atoms with Crippen molar-refractivity contribution in [3.05, 3.63) is 35.4 Å². The summed E-state index contributed by atoms with van der Waals surface area (Å²) in [6.45, 7) is 9.32. The lowest BCUT2D eigenvalue weighted by molar-refractivity contribution is -0.136. The van der Waals surface area contributed by atoms with Crippen molar-refractivity contribution in [3.63, 3.8) is 0 Å². The van der Waals surface area contributed by atoms with Crippen molar-refractivity contribution in [1.82, 2.24) is 20.4 Å². The van der Waals surface area contributed by atoms with Gasteiger partial charge in [-0.25, -0.2) is 4.79 Å². The standard InChI is InChI=1S/C24H36N4O3/c1-4-18-11-13-24(14-12-18)22(30)28(23(31)26-24)17-21(29)25-15-19-9-7-8-10-20(19)16-27(5-2)6-3/h7-10,18H,4-6,11-17H2,1-3H3,(H,25,29)(H,26,31). The number of rotatable bonds is 9. The lowest BCUT2D eigenvalue weighted by Crippen LogP contribution is -2.50. The normalized spacial score (nSPS) is 23.5. The minimum absolute atomic E-state index is 0.234. The molecule has 1 aliphatic heterocycles. The zero-order valence-electron chi connectivity index (χ0n) is 19.1. The molecule has 1 saturated heterocycles. The molecule has 7 nitrogen and oxygen atoms in total. The lowest BCUT2D eigenvalue weighted by Gasteiger charge is -2.34. The van der Waals surface area contributed by atoms with Crippen molar-refractivity contribution in [1.29, 1.82) is 0 Å². The van der Waals surface area contributed by atoms with Crippen molar-refractivity contribution < 1.29 is 14.4 Å². The van der Waals surface area contributed by atoms with Gasteiger partial charge in [0, 0.05) is 13.1 Å². The van der Waals surface area contributed by atoms with Crippen LogP contribution in [0.15, 0.2) is 24.3 Å². The first-order valence-electron chi connectivity index (χ1n) is 11.6. The number of nitrogens with one attached hydrogen (secondary N) is 2. The van der Waals surface area contributed by atoms with Gasteiger partial charge in [0.25, 0.3) is 5.91 Å². The molecule has 2 aliphatic rings. The van der Waals surface area contributed by atoms with Crippen LogP contribution in [0.25, 0.3) is 0 Å². The van der Waals surface area contributed by atoms with Crippen molar-refractivity contribution in [2.75, 3.05) is 19.6 Å². The molecule has 31 heavy (non-hydrogen) atoms. The van der Waals surface area contributed by atoms with Crippen molar-refractivity contribution >= 4 is 17.8 Å². The van der Waals surface area contributed by atoms with Crippen LogP contribution < -0.4 is 10.6 Å². The SMILES string of the molecule is CCC1CCC2(CC1)NC(=O)N(CC(=O)NCc1ccccc1CN(CC)CC)C2=O. The molecule has 170 valence electrons. The predicted molar refractivity (Wildman–Crippen MR) is 120 cm³/mol. The number of imide groups is 1. The van der Waals surface area contributed by atoms with Crippen LogP contribution in [0.2, 0.25) is 0 Å². The van der Waals surface area contributed by atoms with Crippen LogP contribution in [-0.2, 0) is 22.7 Å². The monoisotopic (exact) mass is 428 g/mol. The number of nitrogens with zero attached hydrogens (tertiary/aromatic N) is 2. The summed E-state index contributed by atoms with van der Waals surface area (Å²) in [7, 11) is 0. The Morgan fingerprint density at radius 1 is 1.13 bits per heavy atom. The van der Waals surface area contributed by atoms with E-state index in [1.807, 2.05) is 18.2 Å². The first kappa shape index (κ1) is 23.3.